The molecule has 1 N–H and O–H groups in total. The van der Waals surface area contributed by atoms with Gasteiger partial charge in [0.25, 0.3) is 0 Å². The van der Waals surface area contributed by atoms with E-state index in [4.69, 9.17) is 22.5 Å². The van der Waals surface area contributed by atoms with Crippen molar-refractivity contribution in [3.05, 3.63) is 60.1 Å². The van der Waals surface area contributed by atoms with Gasteiger partial charge in [-0.25, -0.2) is 0 Å². The Hall–Kier alpha value is -1.77. The number of aliphatic carboxylic acids is 1. The Balaban J connectivity index is 2.83. The Morgan fingerprint density at radius 3 is 1.76 bits per heavy atom. The largest absolute Gasteiger partial charge is 0.480 e. The quantitative estimate of drug-likeness (QED) is 0.276. The van der Waals surface area contributed by atoms with Crippen molar-refractivity contribution in [2.45, 2.75) is 45.8 Å². The van der Waals surface area contributed by atoms with E-state index in [9.17, 15) is 19.0 Å². The SMILES string of the molecule is CCOP(=O)(OCC)C(N(Cc1ccccc1)C(C(=O)O)c1ccco1)P(=O)(OCC)OCC. The van der Waals surface area contributed by atoms with Crippen LogP contribution in [0.1, 0.15) is 45.1 Å². The molecule has 0 bridgehead atoms. The van der Waals surface area contributed by atoms with Crippen molar-refractivity contribution in [2.24, 2.45) is 0 Å². The summed E-state index contributed by atoms with van der Waals surface area (Å²) in [6, 6.07) is 10.4. The van der Waals surface area contributed by atoms with Gasteiger partial charge in [-0.2, -0.15) is 0 Å². The maximum absolute atomic E-state index is 14.2. The molecule has 0 fully saturated rings. The van der Waals surface area contributed by atoms with E-state index in [0.717, 1.165) is 0 Å². The molecule has 0 aliphatic rings. The van der Waals surface area contributed by atoms with Crippen LogP contribution in [0.3, 0.4) is 0 Å². The number of rotatable bonds is 16. The minimum atomic E-state index is -4.29. The number of carbonyl (C=O) groups is 1. The summed E-state index contributed by atoms with van der Waals surface area (Å²) < 4.78 is 56.1. The lowest BCUT2D eigenvalue weighted by molar-refractivity contribution is -0.144. The van der Waals surface area contributed by atoms with Crippen LogP contribution in [0, 0.1) is 0 Å². The highest BCUT2D eigenvalue weighted by Gasteiger charge is 2.57. The van der Waals surface area contributed by atoms with E-state index < -0.39 is 32.7 Å². The van der Waals surface area contributed by atoms with Crippen LogP contribution in [-0.4, -0.2) is 47.9 Å². The summed E-state index contributed by atoms with van der Waals surface area (Å²) in [5, 5.41) is 10.2. The highest BCUT2D eigenvalue weighted by atomic mass is 31.2. The molecule has 0 spiro atoms. The smallest absolute Gasteiger partial charge is 0.360 e. The highest BCUT2D eigenvalue weighted by molar-refractivity contribution is 7.72. The third kappa shape index (κ3) is 6.89. The van der Waals surface area contributed by atoms with Gasteiger partial charge >= 0.3 is 21.2 Å². The summed E-state index contributed by atoms with van der Waals surface area (Å²) in [7, 11) is -8.58. The zero-order valence-corrected chi connectivity index (χ0v) is 21.7. The summed E-state index contributed by atoms with van der Waals surface area (Å²) in [6.45, 7) is 6.20. The van der Waals surface area contributed by atoms with Crippen molar-refractivity contribution in [1.29, 1.82) is 0 Å². The molecule has 34 heavy (non-hydrogen) atoms. The van der Waals surface area contributed by atoms with Crippen LogP contribution in [0.25, 0.3) is 0 Å². The van der Waals surface area contributed by atoms with Gasteiger partial charge in [-0.15, -0.1) is 0 Å². The lowest BCUT2D eigenvalue weighted by Crippen LogP contribution is -2.42. The second-order valence-corrected chi connectivity index (χ2v) is 11.6. The fourth-order valence-corrected chi connectivity index (χ4v) is 9.04. The van der Waals surface area contributed by atoms with Gasteiger partial charge in [0.2, 0.25) is 5.52 Å². The molecule has 0 saturated heterocycles. The van der Waals surface area contributed by atoms with E-state index in [-0.39, 0.29) is 38.7 Å². The first-order valence-electron chi connectivity index (χ1n) is 11.1. The zero-order chi connectivity index (χ0) is 25.2. The van der Waals surface area contributed by atoms with Crippen LogP contribution in [0.2, 0.25) is 0 Å². The molecule has 0 amide bonds. The molecule has 0 radical (unpaired) electrons. The average Bonchev–Trinajstić information content (AvgIpc) is 3.29. The summed E-state index contributed by atoms with van der Waals surface area (Å²) in [5.74, 6) is -1.26. The molecule has 1 aromatic heterocycles. The Kier molecular flexibility index (Phi) is 11.2. The molecule has 1 unspecified atom stereocenters. The first-order chi connectivity index (χ1) is 16.3. The summed E-state index contributed by atoms with van der Waals surface area (Å²) in [5.41, 5.74) is -1.02. The second-order valence-electron chi connectivity index (χ2n) is 7.01. The molecular formula is C22H33NO9P2. The molecule has 2 aromatic rings. The van der Waals surface area contributed by atoms with E-state index in [1.54, 1.807) is 52.0 Å². The first-order valence-corrected chi connectivity index (χ1v) is 14.3. The van der Waals surface area contributed by atoms with Crippen LogP contribution >= 0.6 is 15.2 Å². The number of furan rings is 1. The van der Waals surface area contributed by atoms with Gasteiger partial charge in [0.05, 0.1) is 32.7 Å². The molecule has 0 aliphatic carbocycles. The van der Waals surface area contributed by atoms with Gasteiger partial charge in [0, 0.05) is 6.54 Å². The van der Waals surface area contributed by atoms with Crippen molar-refractivity contribution in [1.82, 2.24) is 4.90 Å². The topological polar surface area (TPSA) is 125 Å². The highest BCUT2D eigenvalue weighted by Crippen LogP contribution is 2.72. The molecule has 1 aromatic carbocycles. The predicted octanol–water partition coefficient (Wildman–Crippen LogP) is 5.72. The van der Waals surface area contributed by atoms with Gasteiger partial charge in [-0.1, -0.05) is 30.3 Å². The van der Waals surface area contributed by atoms with Gasteiger partial charge in [-0.3, -0.25) is 18.8 Å². The van der Waals surface area contributed by atoms with E-state index in [1.165, 1.54) is 23.3 Å². The number of benzene rings is 1. The van der Waals surface area contributed by atoms with Gasteiger partial charge in [0.15, 0.2) is 6.04 Å². The number of hydrogen-bond donors (Lipinski definition) is 1. The van der Waals surface area contributed by atoms with Crippen LogP contribution in [0.5, 0.6) is 0 Å². The Morgan fingerprint density at radius 2 is 1.38 bits per heavy atom. The van der Waals surface area contributed by atoms with Crippen molar-refractivity contribution < 1.29 is 41.5 Å². The summed E-state index contributed by atoms with van der Waals surface area (Å²) in [4.78, 5) is 13.8. The van der Waals surface area contributed by atoms with Crippen LogP contribution < -0.4 is 0 Å². The van der Waals surface area contributed by atoms with Crippen LogP contribution in [0.15, 0.2) is 53.1 Å². The minimum absolute atomic E-state index is 0.0380. The molecular weight excluding hydrogens is 484 g/mol. The van der Waals surface area contributed by atoms with Gasteiger partial charge < -0.3 is 27.6 Å². The third-order valence-electron chi connectivity index (χ3n) is 4.68. The minimum Gasteiger partial charge on any atom is -0.480 e. The Bertz CT molecular complexity index is 918. The molecule has 10 nitrogen and oxygen atoms in total. The molecule has 190 valence electrons. The average molecular weight is 517 g/mol. The number of carboxylic acids is 1. The van der Waals surface area contributed by atoms with E-state index >= 15 is 0 Å². The Morgan fingerprint density at radius 1 is 0.882 bits per heavy atom. The van der Waals surface area contributed by atoms with E-state index in [1.807, 2.05) is 6.07 Å². The molecule has 0 aliphatic heterocycles. The maximum Gasteiger partial charge on any atom is 0.360 e. The molecule has 12 heteroatoms. The molecule has 1 atom stereocenters. The lowest BCUT2D eigenvalue weighted by Gasteiger charge is -2.40. The fraction of sp³-hybridized carbons (Fsp3) is 0.500. The van der Waals surface area contributed by atoms with Crippen molar-refractivity contribution in [3.63, 3.8) is 0 Å². The number of hydrogen-bond acceptors (Lipinski definition) is 9. The fourth-order valence-electron chi connectivity index (χ4n) is 3.57. The monoisotopic (exact) mass is 517 g/mol. The summed E-state index contributed by atoms with van der Waals surface area (Å²) in [6.07, 6.45) is 1.33. The second kappa shape index (κ2) is 13.4. The third-order valence-corrected chi connectivity index (χ3v) is 10.6. The lowest BCUT2D eigenvalue weighted by atomic mass is 10.1. The first kappa shape index (κ1) is 28.5. The standard InChI is InChI=1S/C22H33NO9P2/c1-5-29-33(26,30-6-2)22(34(27,31-7-3)32-8-4)23(17-18-13-10-9-11-14-18)20(21(24)25)19-15-12-16-28-19/h9-16,20,22H,5-8,17H2,1-4H3,(H,24,25). The number of carboxylic acid groups (broad SMARTS) is 1. The van der Waals surface area contributed by atoms with Crippen LogP contribution in [0.4, 0.5) is 0 Å². The molecule has 2 rings (SSSR count). The molecule has 0 saturated carbocycles. The van der Waals surface area contributed by atoms with Gasteiger partial charge in [0.1, 0.15) is 5.76 Å². The maximum atomic E-state index is 14.2. The Labute approximate surface area is 200 Å². The van der Waals surface area contributed by atoms with Crippen molar-refractivity contribution >= 4 is 21.2 Å². The van der Waals surface area contributed by atoms with Crippen molar-refractivity contribution in [3.8, 4) is 0 Å². The van der Waals surface area contributed by atoms with Gasteiger partial charge in [-0.05, 0) is 45.4 Å². The summed E-state index contributed by atoms with van der Waals surface area (Å²) >= 11 is 0. The normalized spacial score (nSPS) is 13.5. The van der Waals surface area contributed by atoms with Crippen LogP contribution in [-0.2, 0) is 38.6 Å². The predicted molar refractivity (Wildman–Crippen MR) is 127 cm³/mol. The zero-order valence-electron chi connectivity index (χ0n) is 19.9. The van der Waals surface area contributed by atoms with E-state index in [0.29, 0.717) is 5.56 Å². The molecule has 1 heterocycles. The van der Waals surface area contributed by atoms with Crippen molar-refractivity contribution in [2.75, 3.05) is 26.4 Å². The number of nitrogens with zero attached hydrogens (tertiary/aromatic N) is 1. The van der Waals surface area contributed by atoms with E-state index in [2.05, 4.69) is 0 Å².